The van der Waals surface area contributed by atoms with E-state index < -0.39 is 6.10 Å². The molecule has 6 heteroatoms. The van der Waals surface area contributed by atoms with Gasteiger partial charge in [-0.05, 0) is 6.07 Å². The normalized spacial score (nSPS) is 12.2. The Bertz CT molecular complexity index is 350. The lowest BCUT2D eigenvalue weighted by atomic mass is 10.1. The van der Waals surface area contributed by atoms with Crippen LogP contribution in [-0.4, -0.2) is 15.3 Å². The van der Waals surface area contributed by atoms with Gasteiger partial charge in [-0.1, -0.05) is 23.2 Å². The molecule has 0 radical (unpaired) electrons. The molecule has 1 heterocycles. The zero-order chi connectivity index (χ0) is 9.84. The highest BCUT2D eigenvalue weighted by Gasteiger charge is 2.13. The third-order valence-corrected chi connectivity index (χ3v) is 1.87. The van der Waals surface area contributed by atoms with Crippen molar-refractivity contribution < 1.29 is 5.11 Å². The van der Waals surface area contributed by atoms with Crippen LogP contribution in [0.3, 0.4) is 0 Å². The standard InChI is InChI=1S/C7H5Cl2N3O/c8-6-3-4(5(13)1-2-10)7(9)12-11-6/h3,5,13H,1H2. The lowest BCUT2D eigenvalue weighted by Gasteiger charge is -2.07. The number of halogens is 2. The Morgan fingerprint density at radius 2 is 2.23 bits per heavy atom. The second kappa shape index (κ2) is 4.38. The maximum atomic E-state index is 9.39. The summed E-state index contributed by atoms with van der Waals surface area (Å²) in [6.45, 7) is 0. The molecule has 1 aromatic rings. The fourth-order valence-corrected chi connectivity index (χ4v) is 1.17. The Kier molecular flexibility index (Phi) is 3.43. The molecule has 0 aromatic carbocycles. The van der Waals surface area contributed by atoms with E-state index in [1.54, 1.807) is 0 Å². The molecule has 0 aliphatic rings. The molecular formula is C7H5Cl2N3O. The first-order chi connectivity index (χ1) is 6.15. The zero-order valence-electron chi connectivity index (χ0n) is 6.41. The smallest absolute Gasteiger partial charge is 0.157 e. The molecule has 0 aliphatic heterocycles. The van der Waals surface area contributed by atoms with Crippen molar-refractivity contribution in [2.75, 3.05) is 0 Å². The average Bonchev–Trinajstić information content (AvgIpc) is 2.09. The van der Waals surface area contributed by atoms with Gasteiger partial charge in [0.25, 0.3) is 0 Å². The summed E-state index contributed by atoms with van der Waals surface area (Å²) in [5, 5.41) is 24.9. The van der Waals surface area contributed by atoms with Crippen molar-refractivity contribution in [3.63, 3.8) is 0 Å². The van der Waals surface area contributed by atoms with Crippen molar-refractivity contribution in [1.82, 2.24) is 10.2 Å². The van der Waals surface area contributed by atoms with Crippen LogP contribution in [0.5, 0.6) is 0 Å². The van der Waals surface area contributed by atoms with Crippen LogP contribution in [0.2, 0.25) is 10.3 Å². The third kappa shape index (κ3) is 2.52. The van der Waals surface area contributed by atoms with E-state index in [1.807, 2.05) is 6.07 Å². The molecule has 1 rings (SSSR count). The molecular weight excluding hydrogens is 213 g/mol. The number of hydrogen-bond donors (Lipinski definition) is 1. The highest BCUT2D eigenvalue weighted by Crippen LogP contribution is 2.24. The maximum absolute atomic E-state index is 9.39. The van der Waals surface area contributed by atoms with E-state index in [9.17, 15) is 5.11 Å². The summed E-state index contributed by atoms with van der Waals surface area (Å²) >= 11 is 11.2. The minimum absolute atomic E-state index is 0.0538. The van der Waals surface area contributed by atoms with E-state index in [-0.39, 0.29) is 16.7 Å². The van der Waals surface area contributed by atoms with E-state index in [2.05, 4.69) is 10.2 Å². The summed E-state index contributed by atoms with van der Waals surface area (Å²) in [4.78, 5) is 0. The van der Waals surface area contributed by atoms with Crippen molar-refractivity contribution in [1.29, 1.82) is 5.26 Å². The Balaban J connectivity index is 3.00. The van der Waals surface area contributed by atoms with Crippen molar-refractivity contribution in [2.24, 2.45) is 0 Å². The minimum atomic E-state index is -0.967. The van der Waals surface area contributed by atoms with Gasteiger partial charge in [0, 0.05) is 5.56 Å². The SMILES string of the molecule is N#CCC(O)c1cc(Cl)nnc1Cl. The predicted octanol–water partition coefficient (Wildman–Crippen LogP) is 1.73. The molecule has 0 fully saturated rings. The van der Waals surface area contributed by atoms with Gasteiger partial charge in [0.1, 0.15) is 0 Å². The highest BCUT2D eigenvalue weighted by atomic mass is 35.5. The summed E-state index contributed by atoms with van der Waals surface area (Å²) in [7, 11) is 0. The van der Waals surface area contributed by atoms with Crippen LogP contribution in [0.15, 0.2) is 6.07 Å². The number of hydrogen-bond acceptors (Lipinski definition) is 4. The second-order valence-corrected chi connectivity index (χ2v) is 3.04. The first-order valence-corrected chi connectivity index (χ1v) is 4.14. The molecule has 1 unspecified atom stereocenters. The molecule has 1 aromatic heterocycles. The molecule has 0 spiro atoms. The van der Waals surface area contributed by atoms with Gasteiger partial charge in [0.05, 0.1) is 18.6 Å². The van der Waals surface area contributed by atoms with E-state index in [1.165, 1.54) is 6.07 Å². The largest absolute Gasteiger partial charge is 0.387 e. The molecule has 0 aliphatic carbocycles. The van der Waals surface area contributed by atoms with Gasteiger partial charge in [0.2, 0.25) is 0 Å². The number of aromatic nitrogens is 2. The average molecular weight is 218 g/mol. The van der Waals surface area contributed by atoms with Gasteiger partial charge in [0.15, 0.2) is 10.3 Å². The molecule has 13 heavy (non-hydrogen) atoms. The summed E-state index contributed by atoms with van der Waals surface area (Å²) in [6, 6.07) is 3.20. The van der Waals surface area contributed by atoms with Crippen LogP contribution in [0, 0.1) is 11.3 Å². The molecule has 0 saturated carbocycles. The van der Waals surface area contributed by atoms with E-state index in [0.29, 0.717) is 5.56 Å². The molecule has 1 atom stereocenters. The van der Waals surface area contributed by atoms with Gasteiger partial charge >= 0.3 is 0 Å². The summed E-state index contributed by atoms with van der Waals surface area (Å²) in [6.07, 6.45) is -1.02. The Hall–Kier alpha value is -0.890. The number of nitrogens with zero attached hydrogens (tertiary/aromatic N) is 3. The minimum Gasteiger partial charge on any atom is -0.387 e. The van der Waals surface area contributed by atoms with Crippen molar-refractivity contribution in [3.8, 4) is 6.07 Å². The topological polar surface area (TPSA) is 69.8 Å². The van der Waals surface area contributed by atoms with Crippen LogP contribution in [0.25, 0.3) is 0 Å². The molecule has 1 N–H and O–H groups in total. The lowest BCUT2D eigenvalue weighted by molar-refractivity contribution is 0.183. The summed E-state index contributed by atoms with van der Waals surface area (Å²) in [5.74, 6) is 0. The summed E-state index contributed by atoms with van der Waals surface area (Å²) < 4.78 is 0. The summed E-state index contributed by atoms with van der Waals surface area (Å²) in [5.41, 5.74) is 0.322. The van der Waals surface area contributed by atoms with Gasteiger partial charge in [-0.2, -0.15) is 5.26 Å². The third-order valence-electron chi connectivity index (χ3n) is 1.39. The number of rotatable bonds is 2. The van der Waals surface area contributed by atoms with Gasteiger partial charge in [-0.25, -0.2) is 0 Å². The van der Waals surface area contributed by atoms with E-state index >= 15 is 0 Å². The fourth-order valence-electron chi connectivity index (χ4n) is 0.796. The lowest BCUT2D eigenvalue weighted by Crippen LogP contribution is -1.99. The molecule has 0 amide bonds. The Labute approximate surface area is 84.7 Å². The van der Waals surface area contributed by atoms with Crippen LogP contribution in [-0.2, 0) is 0 Å². The predicted molar refractivity (Wildman–Crippen MR) is 47.2 cm³/mol. The van der Waals surface area contributed by atoms with Gasteiger partial charge in [-0.15, -0.1) is 10.2 Å². The van der Waals surface area contributed by atoms with Crippen molar-refractivity contribution >= 4 is 23.2 Å². The first-order valence-electron chi connectivity index (χ1n) is 3.38. The zero-order valence-corrected chi connectivity index (χ0v) is 7.92. The van der Waals surface area contributed by atoms with Crippen LogP contribution < -0.4 is 0 Å². The second-order valence-electron chi connectivity index (χ2n) is 2.29. The fraction of sp³-hybridized carbons (Fsp3) is 0.286. The Morgan fingerprint density at radius 3 is 2.85 bits per heavy atom. The van der Waals surface area contributed by atoms with Crippen LogP contribution in [0.1, 0.15) is 18.1 Å². The van der Waals surface area contributed by atoms with E-state index in [4.69, 9.17) is 28.5 Å². The monoisotopic (exact) mass is 217 g/mol. The molecule has 0 bridgehead atoms. The van der Waals surface area contributed by atoms with Crippen molar-refractivity contribution in [3.05, 3.63) is 21.9 Å². The quantitative estimate of drug-likeness (QED) is 0.820. The van der Waals surface area contributed by atoms with Crippen molar-refractivity contribution in [2.45, 2.75) is 12.5 Å². The molecule has 68 valence electrons. The number of aliphatic hydroxyl groups excluding tert-OH is 1. The van der Waals surface area contributed by atoms with Gasteiger partial charge in [-0.3, -0.25) is 0 Å². The Morgan fingerprint density at radius 1 is 1.54 bits per heavy atom. The number of nitriles is 1. The molecule has 4 nitrogen and oxygen atoms in total. The van der Waals surface area contributed by atoms with Crippen LogP contribution >= 0.6 is 23.2 Å². The molecule has 0 saturated heterocycles. The highest BCUT2D eigenvalue weighted by molar-refractivity contribution is 6.31. The van der Waals surface area contributed by atoms with Crippen LogP contribution in [0.4, 0.5) is 0 Å². The van der Waals surface area contributed by atoms with E-state index in [0.717, 1.165) is 0 Å². The first kappa shape index (κ1) is 10.2. The maximum Gasteiger partial charge on any atom is 0.157 e. The number of aliphatic hydroxyl groups is 1. The van der Waals surface area contributed by atoms with Gasteiger partial charge < -0.3 is 5.11 Å².